The minimum Gasteiger partial charge on any atom is -0.508 e. The molecule has 8 nitrogen and oxygen atoms in total. The number of hydrogen-bond acceptors (Lipinski definition) is 6. The van der Waals surface area contributed by atoms with Crippen molar-refractivity contribution in [1.29, 1.82) is 0 Å². The van der Waals surface area contributed by atoms with Gasteiger partial charge in [0, 0.05) is 18.8 Å². The van der Waals surface area contributed by atoms with Crippen molar-refractivity contribution < 1.29 is 24.2 Å². The molecule has 0 aliphatic heterocycles. The van der Waals surface area contributed by atoms with Crippen molar-refractivity contribution in [2.24, 2.45) is 0 Å². The van der Waals surface area contributed by atoms with Crippen molar-refractivity contribution in [3.8, 4) is 5.75 Å². The van der Waals surface area contributed by atoms with Gasteiger partial charge in [0.15, 0.2) is 0 Å². The third-order valence-corrected chi connectivity index (χ3v) is 5.69. The van der Waals surface area contributed by atoms with E-state index in [2.05, 4.69) is 23.3 Å². The molecular weight excluding hydrogens is 478 g/mol. The summed E-state index contributed by atoms with van der Waals surface area (Å²) in [6.45, 7) is 9.37. The van der Waals surface area contributed by atoms with Crippen LogP contribution in [-0.2, 0) is 20.9 Å². The zero-order chi connectivity index (χ0) is 26.9. The molecule has 0 radical (unpaired) electrons. The van der Waals surface area contributed by atoms with Gasteiger partial charge in [-0.15, -0.1) is 0 Å². The molecule has 3 N–H and O–H groups in total. The topological polar surface area (TPSA) is 108 Å². The minimum absolute atomic E-state index is 0.0191. The lowest BCUT2D eigenvalue weighted by Gasteiger charge is -2.34. The summed E-state index contributed by atoms with van der Waals surface area (Å²) in [5, 5.41) is 15.5. The number of alkyl carbamates (subject to hydrolysis) is 1. The molecule has 9 heteroatoms. The normalized spacial score (nSPS) is 12.8. The molecule has 0 heterocycles. The Morgan fingerprint density at radius 1 is 1.11 bits per heavy atom. The first kappa shape index (κ1) is 29.0. The van der Waals surface area contributed by atoms with Crippen LogP contribution in [0.4, 0.5) is 4.79 Å². The first-order valence-corrected chi connectivity index (χ1v) is 12.6. The number of phenolic OH excluding ortho intramolecular Hbond substituents is 1. The van der Waals surface area contributed by atoms with Gasteiger partial charge in [0.2, 0.25) is 11.8 Å². The van der Waals surface area contributed by atoms with E-state index < -0.39 is 29.7 Å². The molecule has 2 unspecified atom stereocenters. The average molecular weight is 516 g/mol. The van der Waals surface area contributed by atoms with Crippen LogP contribution in [0.1, 0.15) is 56.8 Å². The molecule has 0 aliphatic carbocycles. The van der Waals surface area contributed by atoms with Gasteiger partial charge in [0.1, 0.15) is 23.4 Å². The summed E-state index contributed by atoms with van der Waals surface area (Å²) >= 11 is 4.28. The Labute approximate surface area is 218 Å². The third-order valence-electron chi connectivity index (χ3n) is 5.33. The lowest BCUT2D eigenvalue weighted by Crippen LogP contribution is -2.54. The molecule has 3 amide bonds. The molecule has 196 valence electrons. The van der Waals surface area contributed by atoms with Crippen LogP contribution < -0.4 is 10.6 Å². The zero-order valence-corrected chi connectivity index (χ0v) is 22.5. The van der Waals surface area contributed by atoms with Crippen molar-refractivity contribution in [3.63, 3.8) is 0 Å². The van der Waals surface area contributed by atoms with Crippen molar-refractivity contribution in [3.05, 3.63) is 65.2 Å². The highest BCUT2D eigenvalue weighted by atomic mass is 32.1. The second-order valence-corrected chi connectivity index (χ2v) is 9.93. The van der Waals surface area contributed by atoms with Crippen LogP contribution in [-0.4, -0.2) is 51.9 Å². The fourth-order valence-corrected chi connectivity index (χ4v) is 3.89. The van der Waals surface area contributed by atoms with Crippen LogP contribution in [0.15, 0.2) is 48.5 Å². The predicted molar refractivity (Wildman–Crippen MR) is 143 cm³/mol. The first-order chi connectivity index (χ1) is 17.0. The van der Waals surface area contributed by atoms with E-state index in [1.165, 1.54) is 11.0 Å². The second kappa shape index (κ2) is 13.2. The van der Waals surface area contributed by atoms with Crippen LogP contribution in [0, 0.1) is 6.92 Å². The maximum atomic E-state index is 13.7. The van der Waals surface area contributed by atoms with Gasteiger partial charge in [-0.05, 0) is 62.9 Å². The van der Waals surface area contributed by atoms with Crippen molar-refractivity contribution in [1.82, 2.24) is 15.5 Å². The summed E-state index contributed by atoms with van der Waals surface area (Å²) in [6.07, 6.45) is -0.159. The Hall–Kier alpha value is -3.20. The molecule has 0 fully saturated rings. The molecule has 0 aliphatic rings. The molecule has 0 aromatic heterocycles. The first-order valence-electron chi connectivity index (χ1n) is 12.0. The Kier molecular flexibility index (Phi) is 10.6. The van der Waals surface area contributed by atoms with Crippen molar-refractivity contribution in [2.75, 3.05) is 12.3 Å². The molecule has 36 heavy (non-hydrogen) atoms. The summed E-state index contributed by atoms with van der Waals surface area (Å²) in [5.41, 5.74) is 1.31. The van der Waals surface area contributed by atoms with E-state index in [1.807, 2.05) is 37.3 Å². The number of ether oxygens (including phenoxy) is 1. The summed E-state index contributed by atoms with van der Waals surface area (Å²) in [6, 6.07) is 12.3. The smallest absolute Gasteiger partial charge is 0.408 e. The van der Waals surface area contributed by atoms with E-state index in [-0.39, 0.29) is 30.5 Å². The number of rotatable bonds is 10. The highest BCUT2D eigenvalue weighted by molar-refractivity contribution is 7.80. The predicted octanol–water partition coefficient (Wildman–Crippen LogP) is 4.12. The van der Waals surface area contributed by atoms with Crippen LogP contribution in [0.2, 0.25) is 0 Å². The van der Waals surface area contributed by atoms with Gasteiger partial charge in [0.25, 0.3) is 0 Å². The van der Waals surface area contributed by atoms with Crippen LogP contribution in [0.25, 0.3) is 0 Å². The Morgan fingerprint density at radius 2 is 1.78 bits per heavy atom. The number of benzene rings is 2. The van der Waals surface area contributed by atoms with Gasteiger partial charge in [-0.25, -0.2) is 4.79 Å². The molecule has 2 rings (SSSR count). The monoisotopic (exact) mass is 515 g/mol. The highest BCUT2D eigenvalue weighted by Gasteiger charge is 2.35. The maximum absolute atomic E-state index is 13.7. The number of phenols is 1. The second-order valence-electron chi connectivity index (χ2n) is 9.56. The maximum Gasteiger partial charge on any atom is 0.408 e. The standard InChI is InChI=1S/C27H37N3O5S/c1-6-14-30(25(33)21(17-36)29-26(34)35-27(3,4)5)23(20-12-13-22(31)18(2)15-20)24(32)28-16-19-10-8-7-9-11-19/h7-13,15,21,23,31,36H,6,14,16-17H2,1-5H3,(H,28,32)(H,29,34). The molecule has 2 atom stereocenters. The van der Waals surface area contributed by atoms with Crippen LogP contribution >= 0.6 is 12.6 Å². The summed E-state index contributed by atoms with van der Waals surface area (Å²) < 4.78 is 5.31. The zero-order valence-electron chi connectivity index (χ0n) is 21.6. The number of amides is 3. The largest absolute Gasteiger partial charge is 0.508 e. The van der Waals surface area contributed by atoms with E-state index in [0.717, 1.165) is 5.56 Å². The number of nitrogens with one attached hydrogen (secondary N) is 2. The molecule has 2 aromatic rings. The number of aromatic hydroxyl groups is 1. The third kappa shape index (κ3) is 8.48. The van der Waals surface area contributed by atoms with E-state index in [9.17, 15) is 19.5 Å². The quantitative estimate of drug-likeness (QED) is 0.356. The minimum atomic E-state index is -1.00. The highest BCUT2D eigenvalue weighted by Crippen LogP contribution is 2.27. The van der Waals surface area contributed by atoms with Gasteiger partial charge in [-0.3, -0.25) is 9.59 Å². The van der Waals surface area contributed by atoms with Gasteiger partial charge in [0.05, 0.1) is 0 Å². The van der Waals surface area contributed by atoms with E-state index in [1.54, 1.807) is 39.8 Å². The van der Waals surface area contributed by atoms with Crippen LogP contribution in [0.3, 0.4) is 0 Å². The van der Waals surface area contributed by atoms with Crippen molar-refractivity contribution >= 4 is 30.5 Å². The van der Waals surface area contributed by atoms with E-state index >= 15 is 0 Å². The average Bonchev–Trinajstić information content (AvgIpc) is 2.82. The van der Waals surface area contributed by atoms with Gasteiger partial charge < -0.3 is 25.4 Å². The molecule has 0 saturated heterocycles. The van der Waals surface area contributed by atoms with Crippen LogP contribution in [0.5, 0.6) is 5.75 Å². The number of carbonyl (C=O) groups is 3. The number of aryl methyl sites for hydroxylation is 1. The number of hydrogen-bond donors (Lipinski definition) is 4. The molecule has 0 saturated carbocycles. The summed E-state index contributed by atoms with van der Waals surface area (Å²) in [5.74, 6) is -0.717. The van der Waals surface area contributed by atoms with Gasteiger partial charge >= 0.3 is 6.09 Å². The molecular formula is C27H37N3O5S. The molecule has 2 aromatic carbocycles. The Balaban J connectivity index is 2.39. The molecule has 0 bridgehead atoms. The SMILES string of the molecule is CCCN(C(=O)C(CS)NC(=O)OC(C)(C)C)C(C(=O)NCc1ccccc1)c1ccc(O)c(C)c1. The number of thiol groups is 1. The van der Waals surface area contributed by atoms with Crippen molar-refractivity contribution in [2.45, 2.75) is 65.3 Å². The Morgan fingerprint density at radius 3 is 2.33 bits per heavy atom. The summed E-state index contributed by atoms with van der Waals surface area (Å²) in [7, 11) is 0. The van der Waals surface area contributed by atoms with Gasteiger partial charge in [-0.2, -0.15) is 12.6 Å². The van der Waals surface area contributed by atoms with Gasteiger partial charge in [-0.1, -0.05) is 43.3 Å². The Bertz CT molecular complexity index is 1040. The lowest BCUT2D eigenvalue weighted by molar-refractivity contribution is -0.142. The number of carbonyl (C=O) groups excluding carboxylic acids is 3. The fraction of sp³-hybridized carbons (Fsp3) is 0.444. The number of nitrogens with zero attached hydrogens (tertiary/aromatic N) is 1. The summed E-state index contributed by atoms with van der Waals surface area (Å²) in [4.78, 5) is 41.1. The fourth-order valence-electron chi connectivity index (χ4n) is 3.65. The lowest BCUT2D eigenvalue weighted by atomic mass is 10.00. The van der Waals surface area contributed by atoms with E-state index in [4.69, 9.17) is 4.74 Å². The van der Waals surface area contributed by atoms with E-state index in [0.29, 0.717) is 17.5 Å². The molecule has 0 spiro atoms.